The molecule has 130 valence electrons. The van der Waals surface area contributed by atoms with E-state index in [1.807, 2.05) is 0 Å². The molecule has 0 fully saturated rings. The van der Waals surface area contributed by atoms with E-state index in [9.17, 15) is 40.5 Å². The van der Waals surface area contributed by atoms with Crippen LogP contribution in [0.3, 0.4) is 0 Å². The molecule has 0 atom stereocenters. The first kappa shape index (κ1) is 15.7. The number of hydrogen-bond donors (Lipinski definition) is 1. The Labute approximate surface area is 134 Å². The maximum Gasteiger partial charge on any atom is 0.470 e. The quantitative estimate of drug-likeness (QED) is 0.586. The van der Waals surface area contributed by atoms with E-state index in [0.29, 0.717) is 0 Å². The maximum atomic E-state index is 11.2. The molecule has 0 amide bonds. The monoisotopic (exact) mass is 355 g/mol. The smallest absolute Gasteiger partial charge is 0.358 e. The van der Waals surface area contributed by atoms with Crippen LogP contribution in [0.15, 0.2) is 0 Å². The molecule has 0 aromatic carbocycles. The molecule has 17 heteroatoms. The van der Waals surface area contributed by atoms with E-state index in [-0.39, 0.29) is 13.1 Å². The highest BCUT2D eigenvalue weighted by Crippen LogP contribution is 2.42. The number of rotatable bonds is 4. The largest absolute Gasteiger partial charge is 0.470 e. The molecule has 0 saturated carbocycles. The number of nitro groups is 4. The van der Waals surface area contributed by atoms with Gasteiger partial charge in [0.25, 0.3) is 0 Å². The minimum atomic E-state index is -1.07. The van der Waals surface area contributed by atoms with Crippen molar-refractivity contribution in [3.8, 4) is 0 Å². The number of hydrogen-bond acceptors (Lipinski definition) is 11. The summed E-state index contributed by atoms with van der Waals surface area (Å²) in [5.41, 5.74) is -2.03. The highest BCUT2D eigenvalue weighted by atomic mass is 16.6. The van der Waals surface area contributed by atoms with E-state index < -0.39 is 54.3 Å². The van der Waals surface area contributed by atoms with Crippen LogP contribution in [0, 0.1) is 40.5 Å². The molecule has 1 aliphatic rings. The van der Waals surface area contributed by atoms with Crippen LogP contribution in [0.2, 0.25) is 0 Å². The number of nitrogens with one attached hydrogen (secondary N) is 1. The Hall–Kier alpha value is -4.18. The van der Waals surface area contributed by atoms with Crippen molar-refractivity contribution in [2.45, 2.75) is 13.1 Å². The lowest BCUT2D eigenvalue weighted by atomic mass is 10.4. The van der Waals surface area contributed by atoms with E-state index in [1.165, 1.54) is 0 Å². The van der Waals surface area contributed by atoms with Gasteiger partial charge in [0.1, 0.15) is 0 Å². The normalized spacial score (nSPS) is 12.5. The summed E-state index contributed by atoms with van der Waals surface area (Å²) in [5, 5.41) is 53.4. The fraction of sp³-hybridized carbons (Fsp3) is 0.250. The molecule has 0 saturated heterocycles. The molecular weight excluding hydrogens is 350 g/mol. The van der Waals surface area contributed by atoms with Gasteiger partial charge in [-0.1, -0.05) is 0 Å². The van der Waals surface area contributed by atoms with Gasteiger partial charge in [-0.3, -0.25) is 20.2 Å². The van der Waals surface area contributed by atoms with Crippen molar-refractivity contribution in [2.75, 3.05) is 5.32 Å². The van der Waals surface area contributed by atoms with Crippen LogP contribution in [-0.4, -0.2) is 39.3 Å². The Morgan fingerprint density at radius 2 is 1.08 bits per heavy atom. The predicted octanol–water partition coefficient (Wildman–Crippen LogP) is 0.470. The Morgan fingerprint density at radius 3 is 1.36 bits per heavy atom. The van der Waals surface area contributed by atoms with Gasteiger partial charge < -0.3 is 25.5 Å². The Morgan fingerprint density at radius 1 is 0.720 bits per heavy atom. The second-order valence-corrected chi connectivity index (χ2v) is 4.64. The van der Waals surface area contributed by atoms with Gasteiger partial charge in [0.2, 0.25) is 11.6 Å². The third kappa shape index (κ3) is 2.26. The zero-order valence-electron chi connectivity index (χ0n) is 11.8. The standard InChI is InChI=1S/C8H5N9O8/c18-14(19)3-5-9-6-4(15(20)21)8(17(24)25)11-13(6)2-1-12(5)10-7(3)16(22)23/h9H,1-2H2. The molecular formula is C8H5N9O8. The second-order valence-electron chi connectivity index (χ2n) is 4.64. The van der Waals surface area contributed by atoms with Crippen LogP contribution in [0.4, 0.5) is 34.6 Å². The van der Waals surface area contributed by atoms with Crippen molar-refractivity contribution in [2.24, 2.45) is 0 Å². The first-order valence-corrected chi connectivity index (χ1v) is 6.28. The first-order chi connectivity index (χ1) is 11.7. The molecule has 25 heavy (non-hydrogen) atoms. The average molecular weight is 355 g/mol. The number of nitrogens with zero attached hydrogens (tertiary/aromatic N) is 8. The fourth-order valence-corrected chi connectivity index (χ4v) is 2.33. The summed E-state index contributed by atoms with van der Waals surface area (Å²) in [5.74, 6) is -3.13. The zero-order valence-corrected chi connectivity index (χ0v) is 11.8. The van der Waals surface area contributed by atoms with Gasteiger partial charge in [0.15, 0.2) is 0 Å². The van der Waals surface area contributed by atoms with Crippen molar-refractivity contribution in [1.29, 1.82) is 0 Å². The molecule has 2 aromatic rings. The summed E-state index contributed by atoms with van der Waals surface area (Å²) in [6.07, 6.45) is 0. The number of aromatic nitrogens is 4. The van der Waals surface area contributed by atoms with Crippen molar-refractivity contribution < 1.29 is 19.7 Å². The van der Waals surface area contributed by atoms with Crippen LogP contribution in [0.5, 0.6) is 0 Å². The van der Waals surface area contributed by atoms with Crippen molar-refractivity contribution >= 4 is 34.6 Å². The fourth-order valence-electron chi connectivity index (χ4n) is 2.33. The molecule has 0 unspecified atom stereocenters. The van der Waals surface area contributed by atoms with Gasteiger partial charge in [-0.2, -0.15) is 0 Å². The van der Waals surface area contributed by atoms with Crippen molar-refractivity contribution in [3.05, 3.63) is 40.5 Å². The van der Waals surface area contributed by atoms with Crippen molar-refractivity contribution in [3.63, 3.8) is 0 Å². The molecule has 0 aliphatic carbocycles. The second kappa shape index (κ2) is 5.18. The zero-order chi connectivity index (χ0) is 18.5. The highest BCUT2D eigenvalue weighted by Gasteiger charge is 2.44. The molecule has 1 N–H and O–H groups in total. The van der Waals surface area contributed by atoms with E-state index in [4.69, 9.17) is 0 Å². The van der Waals surface area contributed by atoms with Crippen LogP contribution in [0.1, 0.15) is 0 Å². The van der Waals surface area contributed by atoms with E-state index in [0.717, 1.165) is 9.36 Å². The molecule has 0 spiro atoms. The first-order valence-electron chi connectivity index (χ1n) is 6.28. The number of anilines is 2. The van der Waals surface area contributed by atoms with Crippen molar-refractivity contribution in [1.82, 2.24) is 19.6 Å². The summed E-state index contributed by atoms with van der Waals surface area (Å²) in [6.45, 7) is -0.389. The molecule has 0 bridgehead atoms. The molecule has 0 radical (unpaired) electrons. The van der Waals surface area contributed by atoms with Gasteiger partial charge >= 0.3 is 23.0 Å². The van der Waals surface area contributed by atoms with Gasteiger partial charge in [-0.25, -0.2) is 0 Å². The summed E-state index contributed by atoms with van der Waals surface area (Å²) in [6, 6.07) is 0. The summed E-state index contributed by atoms with van der Waals surface area (Å²) in [4.78, 5) is 39.9. The summed E-state index contributed by atoms with van der Waals surface area (Å²) in [7, 11) is 0. The predicted molar refractivity (Wildman–Crippen MR) is 74.4 cm³/mol. The third-order valence-electron chi connectivity index (χ3n) is 3.29. The average Bonchev–Trinajstić information content (AvgIpc) is 3.00. The molecule has 17 nitrogen and oxygen atoms in total. The summed E-state index contributed by atoms with van der Waals surface area (Å²) >= 11 is 0. The lowest BCUT2D eigenvalue weighted by molar-refractivity contribution is -0.424. The minimum absolute atomic E-state index is 0.194. The molecule has 3 heterocycles. The minimum Gasteiger partial charge on any atom is -0.358 e. The van der Waals surface area contributed by atoms with Gasteiger partial charge in [0.05, 0.1) is 33.1 Å². The van der Waals surface area contributed by atoms with E-state index in [2.05, 4.69) is 15.5 Å². The lowest BCUT2D eigenvalue weighted by Gasteiger charge is -1.99. The summed E-state index contributed by atoms with van der Waals surface area (Å²) < 4.78 is 1.75. The molecule has 2 aromatic heterocycles. The van der Waals surface area contributed by atoms with Crippen LogP contribution >= 0.6 is 0 Å². The van der Waals surface area contributed by atoms with Gasteiger partial charge in [0, 0.05) is 0 Å². The van der Waals surface area contributed by atoms with Gasteiger partial charge in [-0.15, -0.1) is 9.36 Å². The Kier molecular flexibility index (Phi) is 3.25. The topological polar surface area (TPSA) is 220 Å². The van der Waals surface area contributed by atoms with E-state index in [1.54, 1.807) is 0 Å². The number of fused-ring (bicyclic) bond motifs is 2. The third-order valence-corrected chi connectivity index (χ3v) is 3.29. The van der Waals surface area contributed by atoms with Gasteiger partial charge in [-0.05, 0) is 9.85 Å². The van der Waals surface area contributed by atoms with E-state index >= 15 is 0 Å². The lowest BCUT2D eigenvalue weighted by Crippen LogP contribution is -2.07. The maximum absolute atomic E-state index is 11.2. The molecule has 1 aliphatic heterocycles. The van der Waals surface area contributed by atoms with Crippen LogP contribution in [-0.2, 0) is 13.1 Å². The molecule has 3 rings (SSSR count). The Bertz CT molecular complexity index is 881. The van der Waals surface area contributed by atoms with Crippen LogP contribution in [0.25, 0.3) is 0 Å². The SMILES string of the molecule is O=[N+]([O-])c1nn2c(c1[N+](=O)[O-])Nc1c([N+](=O)[O-])c([N+](=O)[O-])nn1CC2. The van der Waals surface area contributed by atoms with Crippen LogP contribution < -0.4 is 5.32 Å². The number of aryl methyl sites for hydroxylation is 2. The Balaban J connectivity index is 2.24. The highest BCUT2D eigenvalue weighted by molar-refractivity contribution is 5.77.